The van der Waals surface area contributed by atoms with Crippen molar-refractivity contribution in [1.82, 2.24) is 5.32 Å². The summed E-state index contributed by atoms with van der Waals surface area (Å²) in [4.78, 5) is 26.9. The first-order chi connectivity index (χ1) is 14.6. The zero-order valence-electron chi connectivity index (χ0n) is 16.7. The second-order valence-corrected chi connectivity index (χ2v) is 7.11. The number of carbonyl (C=O) groups is 2. The third-order valence-corrected chi connectivity index (χ3v) is 4.85. The minimum absolute atomic E-state index is 0.0829. The summed E-state index contributed by atoms with van der Waals surface area (Å²) in [5.41, 5.74) is 2.30. The van der Waals surface area contributed by atoms with Gasteiger partial charge in [-0.2, -0.15) is 0 Å². The van der Waals surface area contributed by atoms with Crippen LogP contribution in [0.5, 0.6) is 5.75 Å². The normalized spacial score (nSPS) is 10.3. The van der Waals surface area contributed by atoms with Crippen molar-refractivity contribution in [2.75, 3.05) is 18.6 Å². The van der Waals surface area contributed by atoms with Crippen molar-refractivity contribution in [3.63, 3.8) is 0 Å². The number of nitrogens with one attached hydrogen (secondary N) is 1. The summed E-state index contributed by atoms with van der Waals surface area (Å²) in [6.07, 6.45) is 0.179. The Labute approximate surface area is 181 Å². The van der Waals surface area contributed by atoms with Gasteiger partial charge in [0.15, 0.2) is 0 Å². The maximum absolute atomic E-state index is 13.0. The third-order valence-electron chi connectivity index (χ3n) is 4.60. The second-order valence-electron chi connectivity index (χ2n) is 6.68. The molecule has 0 unspecified atom stereocenters. The van der Waals surface area contributed by atoms with E-state index in [4.69, 9.17) is 16.3 Å². The summed E-state index contributed by atoms with van der Waals surface area (Å²) in [7, 11) is 1.60. The largest absolute Gasteiger partial charge is 0.497 e. The predicted octanol–water partition coefficient (Wildman–Crippen LogP) is 4.70. The highest BCUT2D eigenvalue weighted by atomic mass is 35.5. The van der Waals surface area contributed by atoms with Gasteiger partial charge in [-0.1, -0.05) is 41.9 Å². The number of amides is 2. The van der Waals surface area contributed by atoms with Crippen LogP contribution in [0.15, 0.2) is 78.9 Å². The fourth-order valence-electron chi connectivity index (χ4n) is 2.97. The monoisotopic (exact) mass is 422 g/mol. The van der Waals surface area contributed by atoms with E-state index in [0.717, 1.165) is 17.0 Å². The maximum atomic E-state index is 13.0. The average molecular weight is 423 g/mol. The molecule has 0 saturated heterocycles. The number of anilines is 1. The summed E-state index contributed by atoms with van der Waals surface area (Å²) in [5, 5.41) is 3.36. The molecule has 0 bridgehead atoms. The van der Waals surface area contributed by atoms with Crippen LogP contribution in [0.25, 0.3) is 0 Å². The van der Waals surface area contributed by atoms with Crippen LogP contribution >= 0.6 is 11.6 Å². The lowest BCUT2D eigenvalue weighted by molar-refractivity contribution is -0.118. The number of halogens is 1. The first kappa shape index (κ1) is 21.4. The lowest BCUT2D eigenvalue weighted by Gasteiger charge is -2.23. The molecule has 0 fully saturated rings. The van der Waals surface area contributed by atoms with Crippen LogP contribution in [0.4, 0.5) is 5.69 Å². The average Bonchev–Trinajstić information content (AvgIpc) is 2.78. The van der Waals surface area contributed by atoms with Crippen LogP contribution in [-0.2, 0) is 11.3 Å². The number of hydrogen-bond acceptors (Lipinski definition) is 3. The predicted molar refractivity (Wildman–Crippen MR) is 119 cm³/mol. The lowest BCUT2D eigenvalue weighted by atomic mass is 10.1. The number of nitrogens with zero attached hydrogens (tertiary/aromatic N) is 1. The van der Waals surface area contributed by atoms with Gasteiger partial charge in [-0.25, -0.2) is 0 Å². The van der Waals surface area contributed by atoms with Crippen LogP contribution < -0.4 is 15.0 Å². The van der Waals surface area contributed by atoms with Gasteiger partial charge in [0.05, 0.1) is 13.7 Å². The minimum Gasteiger partial charge on any atom is -0.497 e. The molecule has 6 heteroatoms. The molecular formula is C24H23ClN2O3. The molecule has 0 aliphatic rings. The molecule has 0 radical (unpaired) electrons. The molecule has 0 aromatic heterocycles. The summed E-state index contributed by atoms with van der Waals surface area (Å²) < 4.78 is 5.21. The van der Waals surface area contributed by atoms with Crippen molar-refractivity contribution >= 4 is 29.1 Å². The SMILES string of the molecule is COc1ccc(N(Cc2ccccc2)C(=O)CCNC(=O)c2ccc(Cl)cc2)cc1. The molecule has 0 atom stereocenters. The molecule has 0 aliphatic carbocycles. The molecule has 0 saturated carbocycles. The topological polar surface area (TPSA) is 58.6 Å². The van der Waals surface area contributed by atoms with Crippen molar-refractivity contribution in [1.29, 1.82) is 0 Å². The van der Waals surface area contributed by atoms with Crippen LogP contribution in [-0.4, -0.2) is 25.5 Å². The molecule has 0 spiro atoms. The smallest absolute Gasteiger partial charge is 0.251 e. The third kappa shape index (κ3) is 5.84. The van der Waals surface area contributed by atoms with Gasteiger partial charge in [0.25, 0.3) is 5.91 Å². The molecular weight excluding hydrogens is 400 g/mol. The number of ether oxygens (including phenoxy) is 1. The van der Waals surface area contributed by atoms with Gasteiger partial charge < -0.3 is 15.0 Å². The van der Waals surface area contributed by atoms with E-state index in [2.05, 4.69) is 5.32 Å². The summed E-state index contributed by atoms with van der Waals surface area (Å²) >= 11 is 5.85. The molecule has 0 heterocycles. The first-order valence-electron chi connectivity index (χ1n) is 9.59. The summed E-state index contributed by atoms with van der Waals surface area (Å²) in [6.45, 7) is 0.679. The molecule has 3 rings (SSSR count). The van der Waals surface area contributed by atoms with Gasteiger partial charge in [-0.3, -0.25) is 9.59 Å². The Morgan fingerprint density at radius 2 is 1.60 bits per heavy atom. The van der Waals surface area contributed by atoms with E-state index < -0.39 is 0 Å². The Kier molecular flexibility index (Phi) is 7.46. The van der Waals surface area contributed by atoms with Crippen molar-refractivity contribution in [3.8, 4) is 5.75 Å². The number of rotatable bonds is 8. The van der Waals surface area contributed by atoms with Crippen molar-refractivity contribution < 1.29 is 14.3 Å². The molecule has 3 aromatic carbocycles. The molecule has 2 amide bonds. The highest BCUT2D eigenvalue weighted by Gasteiger charge is 2.17. The van der Waals surface area contributed by atoms with E-state index in [0.29, 0.717) is 17.1 Å². The Bertz CT molecular complexity index is 974. The van der Waals surface area contributed by atoms with Crippen LogP contribution in [0.2, 0.25) is 5.02 Å². The van der Waals surface area contributed by atoms with E-state index in [1.807, 2.05) is 54.6 Å². The number of hydrogen-bond donors (Lipinski definition) is 1. The van der Waals surface area contributed by atoms with Gasteiger partial charge >= 0.3 is 0 Å². The fourth-order valence-corrected chi connectivity index (χ4v) is 3.10. The molecule has 154 valence electrons. The quantitative estimate of drug-likeness (QED) is 0.572. The zero-order valence-corrected chi connectivity index (χ0v) is 17.4. The van der Waals surface area contributed by atoms with Crippen LogP contribution in [0.1, 0.15) is 22.3 Å². The maximum Gasteiger partial charge on any atom is 0.251 e. The van der Waals surface area contributed by atoms with E-state index >= 15 is 0 Å². The van der Waals surface area contributed by atoms with Crippen molar-refractivity contribution in [2.24, 2.45) is 0 Å². The van der Waals surface area contributed by atoms with Gasteiger partial charge in [-0.15, -0.1) is 0 Å². The molecule has 1 N–H and O–H groups in total. The van der Waals surface area contributed by atoms with E-state index in [9.17, 15) is 9.59 Å². The van der Waals surface area contributed by atoms with Gasteiger partial charge in [-0.05, 0) is 54.1 Å². The Morgan fingerprint density at radius 1 is 0.933 bits per heavy atom. The zero-order chi connectivity index (χ0) is 21.3. The number of benzene rings is 3. The fraction of sp³-hybridized carbons (Fsp3) is 0.167. The highest BCUT2D eigenvalue weighted by molar-refractivity contribution is 6.30. The lowest BCUT2D eigenvalue weighted by Crippen LogP contribution is -2.34. The van der Waals surface area contributed by atoms with Crippen LogP contribution in [0.3, 0.4) is 0 Å². The van der Waals surface area contributed by atoms with E-state index in [-0.39, 0.29) is 24.8 Å². The molecule has 3 aromatic rings. The van der Waals surface area contributed by atoms with E-state index in [1.165, 1.54) is 0 Å². The standard InChI is InChI=1S/C24H23ClN2O3/c1-30-22-13-11-21(12-14-22)27(17-18-5-3-2-4-6-18)23(28)15-16-26-24(29)19-7-9-20(25)10-8-19/h2-14H,15-17H2,1H3,(H,26,29). The van der Waals surface area contributed by atoms with Crippen molar-refractivity contribution in [3.05, 3.63) is 95.0 Å². The second kappa shape index (κ2) is 10.5. The Hall–Kier alpha value is -3.31. The number of methoxy groups -OCH3 is 1. The first-order valence-corrected chi connectivity index (χ1v) is 9.97. The van der Waals surface area contributed by atoms with Crippen LogP contribution in [0, 0.1) is 0 Å². The Balaban J connectivity index is 1.66. The molecule has 30 heavy (non-hydrogen) atoms. The van der Waals surface area contributed by atoms with Gasteiger partial charge in [0.1, 0.15) is 5.75 Å². The summed E-state index contributed by atoms with van der Waals surface area (Å²) in [6, 6.07) is 23.8. The van der Waals surface area contributed by atoms with Gasteiger partial charge in [0.2, 0.25) is 5.91 Å². The van der Waals surface area contributed by atoms with Crippen molar-refractivity contribution in [2.45, 2.75) is 13.0 Å². The minimum atomic E-state index is -0.237. The number of carbonyl (C=O) groups excluding carboxylic acids is 2. The molecule has 5 nitrogen and oxygen atoms in total. The summed E-state index contributed by atoms with van der Waals surface area (Å²) in [5.74, 6) is 0.403. The molecule has 0 aliphatic heterocycles. The Morgan fingerprint density at radius 3 is 2.23 bits per heavy atom. The van der Waals surface area contributed by atoms with E-state index in [1.54, 1.807) is 36.3 Å². The highest BCUT2D eigenvalue weighted by Crippen LogP contribution is 2.22. The van der Waals surface area contributed by atoms with Gasteiger partial charge in [0, 0.05) is 29.2 Å².